The molecule has 0 bridgehead atoms. The minimum atomic E-state index is -2.04. The zero-order valence-electron chi connectivity index (χ0n) is 19.7. The van der Waals surface area contributed by atoms with Crippen molar-refractivity contribution in [3.63, 3.8) is 0 Å². The third-order valence-electron chi connectivity index (χ3n) is 4.87. The van der Waals surface area contributed by atoms with E-state index in [4.69, 9.17) is 13.5 Å². The quantitative estimate of drug-likeness (QED) is 0.278. The Morgan fingerprint density at radius 2 is 1.27 bits per heavy atom. The molecule has 2 aromatic rings. The van der Waals surface area contributed by atoms with Gasteiger partial charge in [-0.1, -0.05) is 42.8 Å². The van der Waals surface area contributed by atoms with Crippen molar-refractivity contribution in [1.82, 2.24) is 0 Å². The van der Waals surface area contributed by atoms with E-state index < -0.39 is 25.2 Å². The molecule has 0 unspecified atom stereocenters. The Hall–Kier alpha value is -1.50. The van der Waals surface area contributed by atoms with Gasteiger partial charge in [0.05, 0.1) is 11.6 Å². The second kappa shape index (κ2) is 10.2. The molecule has 0 aliphatic carbocycles. The van der Waals surface area contributed by atoms with Gasteiger partial charge in [0, 0.05) is 0 Å². The summed E-state index contributed by atoms with van der Waals surface area (Å²) < 4.78 is 13.0. The summed E-state index contributed by atoms with van der Waals surface area (Å²) in [4.78, 5) is 0. The van der Waals surface area contributed by atoms with Crippen LogP contribution in [0.1, 0.15) is 24.0 Å². The van der Waals surface area contributed by atoms with Crippen molar-refractivity contribution < 1.29 is 8.23 Å². The van der Waals surface area contributed by atoms with Crippen molar-refractivity contribution in [1.29, 1.82) is 5.26 Å². The van der Waals surface area contributed by atoms with E-state index in [1.165, 1.54) is 30.0 Å². The van der Waals surface area contributed by atoms with Crippen molar-refractivity contribution >= 4 is 25.2 Å². The van der Waals surface area contributed by atoms with Gasteiger partial charge in [-0.2, -0.15) is 5.26 Å². The molecule has 0 spiro atoms. The monoisotopic (exact) mass is 455 g/mol. The van der Waals surface area contributed by atoms with Crippen molar-refractivity contribution in [2.45, 2.75) is 71.1 Å². The van der Waals surface area contributed by atoms with Crippen LogP contribution in [0.3, 0.4) is 0 Å². The van der Waals surface area contributed by atoms with Gasteiger partial charge in [-0.3, -0.25) is 0 Å². The van der Waals surface area contributed by atoms with Crippen molar-refractivity contribution in [3.05, 3.63) is 59.7 Å². The largest absolute Gasteiger partial charge is 0.437 e. The van der Waals surface area contributed by atoms with Gasteiger partial charge in [0.2, 0.25) is 0 Å². The third kappa shape index (κ3) is 8.70. The van der Waals surface area contributed by atoms with E-state index in [1.807, 2.05) is 24.3 Å². The summed E-state index contributed by atoms with van der Waals surface area (Å²) in [6.45, 7) is 15.8. The lowest BCUT2D eigenvalue weighted by Gasteiger charge is -2.37. The molecule has 0 N–H and O–H groups in total. The lowest BCUT2D eigenvalue weighted by molar-refractivity contribution is 0.391. The van der Waals surface area contributed by atoms with Gasteiger partial charge >= 0.3 is 8.56 Å². The average molecular weight is 456 g/mol. The maximum absolute atomic E-state index is 8.93. The van der Waals surface area contributed by atoms with Gasteiger partial charge in [0.1, 0.15) is 0 Å². The summed E-state index contributed by atoms with van der Waals surface area (Å²) in [5.74, 6) is 0. The molecule has 6 heteroatoms. The molecule has 0 amide bonds. The van der Waals surface area contributed by atoms with Crippen molar-refractivity contribution in [2.24, 2.45) is 0 Å². The highest BCUT2D eigenvalue weighted by molar-refractivity contribution is 6.87. The van der Waals surface area contributed by atoms with Crippen LogP contribution >= 0.6 is 0 Å². The van der Waals surface area contributed by atoms with Crippen molar-refractivity contribution in [2.75, 3.05) is 0 Å². The summed E-state index contributed by atoms with van der Waals surface area (Å²) in [7, 11) is -5.30. The van der Waals surface area contributed by atoms with Crippen LogP contribution in [0, 0.1) is 11.3 Å². The van der Waals surface area contributed by atoms with E-state index in [9.17, 15) is 0 Å². The summed E-state index contributed by atoms with van der Waals surface area (Å²) in [6, 6.07) is 19.9. The van der Waals surface area contributed by atoms with Crippen LogP contribution in [0.15, 0.2) is 48.5 Å². The Balaban J connectivity index is 1.81. The van der Waals surface area contributed by atoms with E-state index in [-0.39, 0.29) is 0 Å². The molecule has 0 aromatic heterocycles. The smallest absolute Gasteiger partial charge is 0.311 e. The number of unbranched alkanes of at least 4 members (excludes halogenated alkanes) is 1. The molecule has 2 aromatic carbocycles. The molecule has 2 rings (SSSR count). The number of hydrogen-bond donors (Lipinski definition) is 0. The summed E-state index contributed by atoms with van der Waals surface area (Å²) >= 11 is 0. The molecule has 0 fully saturated rings. The van der Waals surface area contributed by atoms with Crippen molar-refractivity contribution in [3.8, 4) is 17.2 Å². The molecule has 3 nitrogen and oxygen atoms in total. The van der Waals surface area contributed by atoms with E-state index >= 15 is 0 Å². The fourth-order valence-electron chi connectivity index (χ4n) is 3.96. The molecule has 0 aliphatic heterocycles. The normalized spacial score (nSPS) is 12.6. The number of benzene rings is 2. The fraction of sp³-hybridized carbons (Fsp3) is 0.458. The highest BCUT2D eigenvalue weighted by Gasteiger charge is 2.37. The first-order valence-corrected chi connectivity index (χ1v) is 20.2. The molecule has 0 saturated heterocycles. The molecule has 0 radical (unpaired) electrons. The van der Waals surface area contributed by atoms with Crippen LogP contribution in [0.2, 0.25) is 51.9 Å². The lowest BCUT2D eigenvalue weighted by Crippen LogP contribution is -2.51. The van der Waals surface area contributed by atoms with E-state index in [2.05, 4.69) is 76.2 Å². The highest BCUT2D eigenvalue weighted by Crippen LogP contribution is 2.25. The minimum Gasteiger partial charge on any atom is -0.437 e. The third-order valence-corrected chi connectivity index (χ3v) is 15.0. The van der Waals surface area contributed by atoms with Gasteiger partial charge in [-0.25, -0.2) is 0 Å². The Bertz CT molecular complexity index is 848. The van der Waals surface area contributed by atoms with Crippen LogP contribution in [0.4, 0.5) is 0 Å². The average Bonchev–Trinajstić information content (AvgIpc) is 2.63. The summed E-state index contributed by atoms with van der Waals surface area (Å²) in [5.41, 5.74) is 4.42. The molecule has 0 atom stereocenters. The van der Waals surface area contributed by atoms with E-state index in [0.29, 0.717) is 5.56 Å². The molecule has 0 saturated carbocycles. The predicted octanol–water partition coefficient (Wildman–Crippen LogP) is 7.32. The molecule has 30 heavy (non-hydrogen) atoms. The fourth-order valence-corrected chi connectivity index (χ4v) is 17.2. The lowest BCUT2D eigenvalue weighted by atomic mass is 10.0. The molecule has 162 valence electrons. The molecular weight excluding hydrogens is 419 g/mol. The predicted molar refractivity (Wildman–Crippen MR) is 135 cm³/mol. The second-order valence-electron chi connectivity index (χ2n) is 10.1. The van der Waals surface area contributed by atoms with E-state index in [0.717, 1.165) is 12.0 Å². The Morgan fingerprint density at radius 1 is 0.733 bits per heavy atom. The first kappa shape index (κ1) is 24.8. The maximum Gasteiger partial charge on any atom is 0.311 e. The van der Waals surface area contributed by atoms with Gasteiger partial charge in [-0.05, 0) is 93.5 Å². The van der Waals surface area contributed by atoms with Gasteiger partial charge < -0.3 is 8.23 Å². The standard InChI is InChI=1S/C24H37NO2Si3/c1-28(2,3)26-30(6,7)27-29(4,5)19-9-8-10-21-11-15-23(16-12-21)24-17-13-22(20-25)14-18-24/h11-18H,8-10,19H2,1-7H3. The number of hydrogen-bond acceptors (Lipinski definition) is 3. The van der Waals surface area contributed by atoms with Crippen LogP contribution in [-0.2, 0) is 14.7 Å². The summed E-state index contributed by atoms with van der Waals surface area (Å²) in [5, 5.41) is 8.93. The number of nitriles is 1. The van der Waals surface area contributed by atoms with E-state index in [1.54, 1.807) is 0 Å². The Kier molecular flexibility index (Phi) is 8.43. The molecule has 0 heterocycles. The Morgan fingerprint density at radius 3 is 1.77 bits per heavy atom. The summed E-state index contributed by atoms with van der Waals surface area (Å²) in [6.07, 6.45) is 3.49. The number of rotatable bonds is 10. The Labute approximate surface area is 186 Å². The maximum atomic E-state index is 8.93. The van der Waals surface area contributed by atoms with Gasteiger partial charge in [0.25, 0.3) is 0 Å². The number of aryl methyl sites for hydroxylation is 1. The number of nitrogens with zero attached hydrogens (tertiary/aromatic N) is 1. The SMILES string of the molecule is C[Si](C)(C)O[Si](C)(C)O[Si](C)(C)CCCCc1ccc(-c2ccc(C#N)cc2)cc1. The second-order valence-corrected chi connectivity index (χ2v) is 22.7. The topological polar surface area (TPSA) is 42.2 Å². The highest BCUT2D eigenvalue weighted by atomic mass is 28.5. The first-order valence-electron chi connectivity index (χ1n) is 10.9. The molecular formula is C24H37NO2Si3. The first-order chi connectivity index (χ1) is 13.9. The van der Waals surface area contributed by atoms with Gasteiger partial charge in [0.15, 0.2) is 16.6 Å². The zero-order valence-corrected chi connectivity index (χ0v) is 22.7. The van der Waals surface area contributed by atoms with Crippen LogP contribution in [-0.4, -0.2) is 25.2 Å². The molecule has 0 aliphatic rings. The van der Waals surface area contributed by atoms with Crippen LogP contribution in [0.5, 0.6) is 0 Å². The zero-order chi connectivity index (χ0) is 22.4. The van der Waals surface area contributed by atoms with Crippen LogP contribution in [0.25, 0.3) is 11.1 Å². The minimum absolute atomic E-state index is 0.698. The van der Waals surface area contributed by atoms with Crippen LogP contribution < -0.4 is 0 Å². The van der Waals surface area contributed by atoms with Gasteiger partial charge in [-0.15, -0.1) is 0 Å².